The number of hydrogen-bond donors (Lipinski definition) is 1. The summed E-state index contributed by atoms with van der Waals surface area (Å²) in [5.41, 5.74) is 3.03. The van der Waals surface area contributed by atoms with Gasteiger partial charge in [0.2, 0.25) is 0 Å². The van der Waals surface area contributed by atoms with Crippen molar-refractivity contribution in [1.82, 2.24) is 24.7 Å². The van der Waals surface area contributed by atoms with Gasteiger partial charge in [-0.1, -0.05) is 23.4 Å². The number of piperazine rings is 1. The van der Waals surface area contributed by atoms with Crippen LogP contribution in [-0.4, -0.2) is 56.8 Å². The molecule has 0 atom stereocenters. The fourth-order valence-corrected chi connectivity index (χ4v) is 3.41. The van der Waals surface area contributed by atoms with E-state index in [1.165, 1.54) is 15.8 Å². The van der Waals surface area contributed by atoms with Gasteiger partial charge >= 0.3 is 0 Å². The van der Waals surface area contributed by atoms with Crippen molar-refractivity contribution in [1.29, 1.82) is 0 Å². The molecule has 0 unspecified atom stereocenters. The van der Waals surface area contributed by atoms with Crippen molar-refractivity contribution in [3.63, 3.8) is 0 Å². The predicted molar refractivity (Wildman–Crippen MR) is 97.6 cm³/mol. The molecule has 134 valence electrons. The lowest BCUT2D eigenvalue weighted by molar-refractivity contribution is 0.0742. The van der Waals surface area contributed by atoms with E-state index in [-0.39, 0.29) is 22.7 Å². The lowest BCUT2D eigenvalue weighted by Crippen LogP contribution is -2.49. The molecule has 1 saturated heterocycles. The number of aromatic nitrogens is 4. The number of nitrogens with zero attached hydrogens (tertiary/aromatic N) is 5. The van der Waals surface area contributed by atoms with Gasteiger partial charge in [-0.25, -0.2) is 4.52 Å². The van der Waals surface area contributed by atoms with Crippen molar-refractivity contribution >= 4 is 17.1 Å². The lowest BCUT2D eigenvalue weighted by atomic mass is 10.1. The molecule has 1 aliphatic heterocycles. The SMILES string of the molecule is Cc1cn2nnc(C(=O)N3CCN(c4ccccc4C)CC3)c2c(=O)[nH]1. The Kier molecular flexibility index (Phi) is 3.95. The summed E-state index contributed by atoms with van der Waals surface area (Å²) in [6, 6.07) is 8.23. The first-order valence-electron chi connectivity index (χ1n) is 8.59. The largest absolute Gasteiger partial charge is 0.368 e. The molecular formula is C18H20N6O2. The van der Waals surface area contributed by atoms with Crippen LogP contribution in [0.15, 0.2) is 35.3 Å². The van der Waals surface area contributed by atoms with E-state index < -0.39 is 0 Å². The Morgan fingerprint density at radius 1 is 1.12 bits per heavy atom. The number of carbonyl (C=O) groups excluding carboxylic acids is 1. The average Bonchev–Trinajstić information content (AvgIpc) is 3.06. The molecular weight excluding hydrogens is 332 g/mol. The molecule has 1 fully saturated rings. The van der Waals surface area contributed by atoms with Crippen molar-refractivity contribution in [3.05, 3.63) is 57.8 Å². The fourth-order valence-electron chi connectivity index (χ4n) is 3.41. The molecule has 3 heterocycles. The number of rotatable bonds is 2. The number of aromatic amines is 1. The van der Waals surface area contributed by atoms with Gasteiger partial charge in [-0.15, -0.1) is 5.10 Å². The van der Waals surface area contributed by atoms with Crippen LogP contribution < -0.4 is 10.5 Å². The number of para-hydroxylation sites is 1. The highest BCUT2D eigenvalue weighted by atomic mass is 16.2. The minimum Gasteiger partial charge on any atom is -0.368 e. The second-order valence-corrected chi connectivity index (χ2v) is 6.56. The fraction of sp³-hybridized carbons (Fsp3) is 0.333. The molecule has 0 saturated carbocycles. The van der Waals surface area contributed by atoms with Gasteiger partial charge in [0.15, 0.2) is 11.2 Å². The van der Waals surface area contributed by atoms with Gasteiger partial charge in [0.05, 0.1) is 6.20 Å². The summed E-state index contributed by atoms with van der Waals surface area (Å²) in [6.07, 6.45) is 1.65. The predicted octanol–water partition coefficient (Wildman–Crippen LogP) is 0.997. The number of anilines is 1. The number of aryl methyl sites for hydroxylation is 2. The average molecular weight is 352 g/mol. The monoisotopic (exact) mass is 352 g/mol. The zero-order valence-electron chi connectivity index (χ0n) is 14.8. The van der Waals surface area contributed by atoms with Gasteiger partial charge in [0.25, 0.3) is 11.5 Å². The van der Waals surface area contributed by atoms with Crippen LogP contribution in [0.1, 0.15) is 21.7 Å². The van der Waals surface area contributed by atoms with E-state index in [0.717, 1.165) is 13.1 Å². The Hall–Kier alpha value is -3.16. The second-order valence-electron chi connectivity index (χ2n) is 6.56. The summed E-state index contributed by atoms with van der Waals surface area (Å²) in [7, 11) is 0. The third-order valence-corrected chi connectivity index (χ3v) is 4.76. The summed E-state index contributed by atoms with van der Waals surface area (Å²) in [6.45, 7) is 6.49. The number of amides is 1. The number of nitrogens with one attached hydrogen (secondary N) is 1. The normalized spacial score (nSPS) is 14.8. The smallest absolute Gasteiger partial charge is 0.277 e. The number of H-pyrrole nitrogens is 1. The number of fused-ring (bicyclic) bond motifs is 1. The van der Waals surface area contributed by atoms with Gasteiger partial charge in [0, 0.05) is 37.6 Å². The van der Waals surface area contributed by atoms with Gasteiger partial charge in [-0.3, -0.25) is 9.59 Å². The van der Waals surface area contributed by atoms with Gasteiger partial charge in [-0.05, 0) is 25.5 Å². The molecule has 1 aliphatic rings. The minimum absolute atomic E-state index is 0.107. The highest BCUT2D eigenvalue weighted by Crippen LogP contribution is 2.21. The summed E-state index contributed by atoms with van der Waals surface area (Å²) in [5.74, 6) is -0.251. The Labute approximate surface area is 150 Å². The summed E-state index contributed by atoms with van der Waals surface area (Å²) < 4.78 is 1.37. The molecule has 3 aromatic rings. The van der Waals surface area contributed by atoms with E-state index in [0.29, 0.717) is 18.8 Å². The molecule has 2 aromatic heterocycles. The first-order chi connectivity index (χ1) is 12.5. The van der Waals surface area contributed by atoms with Crippen LogP contribution in [0.5, 0.6) is 0 Å². The molecule has 4 rings (SSSR count). The Morgan fingerprint density at radius 3 is 2.58 bits per heavy atom. The van der Waals surface area contributed by atoms with Crippen LogP contribution in [0.25, 0.3) is 5.52 Å². The summed E-state index contributed by atoms with van der Waals surface area (Å²) in [5, 5.41) is 7.87. The van der Waals surface area contributed by atoms with Crippen LogP contribution in [0.2, 0.25) is 0 Å². The third-order valence-electron chi connectivity index (χ3n) is 4.76. The molecule has 0 radical (unpaired) electrons. The quantitative estimate of drug-likeness (QED) is 0.743. The minimum atomic E-state index is -0.350. The summed E-state index contributed by atoms with van der Waals surface area (Å²) >= 11 is 0. The molecule has 26 heavy (non-hydrogen) atoms. The van der Waals surface area contributed by atoms with Crippen molar-refractivity contribution in [2.45, 2.75) is 13.8 Å². The highest BCUT2D eigenvalue weighted by molar-refractivity contribution is 5.98. The van der Waals surface area contributed by atoms with Crippen molar-refractivity contribution < 1.29 is 4.79 Å². The lowest BCUT2D eigenvalue weighted by Gasteiger charge is -2.36. The first-order valence-corrected chi connectivity index (χ1v) is 8.59. The Morgan fingerprint density at radius 2 is 1.85 bits per heavy atom. The van der Waals surface area contributed by atoms with Crippen LogP contribution in [0.4, 0.5) is 5.69 Å². The zero-order valence-corrected chi connectivity index (χ0v) is 14.8. The number of benzene rings is 1. The van der Waals surface area contributed by atoms with Crippen LogP contribution in [0.3, 0.4) is 0 Å². The molecule has 0 spiro atoms. The van der Waals surface area contributed by atoms with E-state index in [9.17, 15) is 9.59 Å². The molecule has 0 aliphatic carbocycles. The van der Waals surface area contributed by atoms with E-state index in [2.05, 4.69) is 39.3 Å². The molecule has 1 amide bonds. The standard InChI is InChI=1S/C18H20N6O2/c1-12-5-3-4-6-14(12)22-7-9-23(10-8-22)18(26)15-16-17(25)19-13(2)11-24(16)21-20-15/h3-6,11H,7-10H2,1-2H3,(H,19,25). The molecule has 8 heteroatoms. The van der Waals surface area contributed by atoms with E-state index in [1.807, 2.05) is 12.1 Å². The number of hydrogen-bond acceptors (Lipinski definition) is 5. The zero-order chi connectivity index (χ0) is 18.3. The first kappa shape index (κ1) is 16.3. The number of carbonyl (C=O) groups is 1. The van der Waals surface area contributed by atoms with Crippen LogP contribution in [-0.2, 0) is 0 Å². The van der Waals surface area contributed by atoms with Crippen LogP contribution in [0, 0.1) is 13.8 Å². The van der Waals surface area contributed by atoms with Crippen molar-refractivity contribution in [2.75, 3.05) is 31.1 Å². The molecule has 1 aromatic carbocycles. The maximum atomic E-state index is 12.9. The maximum Gasteiger partial charge on any atom is 0.277 e. The third kappa shape index (κ3) is 2.73. The van der Waals surface area contributed by atoms with Crippen molar-refractivity contribution in [3.8, 4) is 0 Å². The van der Waals surface area contributed by atoms with E-state index in [4.69, 9.17) is 0 Å². The topological polar surface area (TPSA) is 86.6 Å². The van der Waals surface area contributed by atoms with Gasteiger partial charge in [0.1, 0.15) is 0 Å². The van der Waals surface area contributed by atoms with Crippen LogP contribution >= 0.6 is 0 Å². The molecule has 8 nitrogen and oxygen atoms in total. The van der Waals surface area contributed by atoms with Gasteiger partial charge in [-0.2, -0.15) is 0 Å². The second kappa shape index (κ2) is 6.29. The van der Waals surface area contributed by atoms with E-state index >= 15 is 0 Å². The van der Waals surface area contributed by atoms with Crippen molar-refractivity contribution in [2.24, 2.45) is 0 Å². The van der Waals surface area contributed by atoms with E-state index in [1.54, 1.807) is 18.0 Å². The highest BCUT2D eigenvalue weighted by Gasteiger charge is 2.27. The molecule has 0 bridgehead atoms. The Bertz CT molecular complexity index is 1030. The summed E-state index contributed by atoms with van der Waals surface area (Å²) in [4.78, 5) is 31.8. The molecule has 1 N–H and O–H groups in total. The maximum absolute atomic E-state index is 12.9. The van der Waals surface area contributed by atoms with Gasteiger partial charge < -0.3 is 14.8 Å². The Balaban J connectivity index is 1.54.